The number of pyridine rings is 1. The molecule has 57 heavy (non-hydrogen) atoms. The molecule has 5 rings (SSSR count). The van der Waals surface area contributed by atoms with Gasteiger partial charge in [-0.15, -0.1) is 6.42 Å². The van der Waals surface area contributed by atoms with E-state index in [0.717, 1.165) is 21.9 Å². The summed E-state index contributed by atoms with van der Waals surface area (Å²) in [6.07, 6.45) is 7.82. The van der Waals surface area contributed by atoms with Crippen molar-refractivity contribution in [2.75, 3.05) is 64.4 Å². The van der Waals surface area contributed by atoms with Gasteiger partial charge in [-0.25, -0.2) is 4.79 Å². The lowest BCUT2D eigenvalue weighted by Gasteiger charge is -2.23. The van der Waals surface area contributed by atoms with E-state index in [4.69, 9.17) is 30.1 Å². The van der Waals surface area contributed by atoms with Crippen LogP contribution in [0.3, 0.4) is 0 Å². The Hall–Kier alpha value is -5.97. The van der Waals surface area contributed by atoms with E-state index in [1.54, 1.807) is 43.6 Å². The first-order valence-corrected chi connectivity index (χ1v) is 18.6. The fourth-order valence-corrected chi connectivity index (χ4v) is 6.08. The van der Waals surface area contributed by atoms with Gasteiger partial charge in [0.05, 0.1) is 58.1 Å². The highest BCUT2D eigenvalue weighted by Crippen LogP contribution is 2.37. The van der Waals surface area contributed by atoms with Crippen LogP contribution >= 0.6 is 0 Å². The highest BCUT2D eigenvalue weighted by Gasteiger charge is 2.21. The summed E-state index contributed by atoms with van der Waals surface area (Å²) in [7, 11) is 3.12. The van der Waals surface area contributed by atoms with Gasteiger partial charge in [-0.05, 0) is 65.1 Å². The molecule has 0 aliphatic heterocycles. The average molecular weight is 775 g/mol. The number of terminal acetylenes is 1. The molecule has 0 radical (unpaired) electrons. The molecule has 12 nitrogen and oxygen atoms in total. The van der Waals surface area contributed by atoms with Crippen LogP contribution in [0.5, 0.6) is 17.2 Å². The second-order valence-corrected chi connectivity index (χ2v) is 14.2. The van der Waals surface area contributed by atoms with Crippen molar-refractivity contribution in [2.24, 2.45) is 0 Å². The predicted molar refractivity (Wildman–Crippen MR) is 222 cm³/mol. The molecule has 0 aliphatic rings. The van der Waals surface area contributed by atoms with Crippen LogP contribution in [-0.2, 0) is 32.7 Å². The number of fused-ring (bicyclic) bond motifs is 1. The van der Waals surface area contributed by atoms with Crippen LogP contribution < -0.4 is 25.4 Å². The van der Waals surface area contributed by atoms with Crippen molar-refractivity contribution in [1.82, 2.24) is 10.3 Å². The topological polar surface area (TPSA) is 149 Å². The molecule has 4 N–H and O–H groups in total. The van der Waals surface area contributed by atoms with Gasteiger partial charge in [0, 0.05) is 65.5 Å². The number of carbonyl (C=O) groups excluding carboxylic acids is 2. The molecule has 0 saturated carbocycles. The highest BCUT2D eigenvalue weighted by molar-refractivity contribution is 6.08. The van der Waals surface area contributed by atoms with E-state index >= 15 is 0 Å². The molecule has 4 aromatic carbocycles. The highest BCUT2D eigenvalue weighted by atomic mass is 16.5. The Balaban J connectivity index is 1.26. The number of aromatic nitrogens is 1. The van der Waals surface area contributed by atoms with Crippen molar-refractivity contribution in [2.45, 2.75) is 39.2 Å². The molecular formula is C45H50N4O8. The van der Waals surface area contributed by atoms with Crippen LogP contribution in [0.15, 0.2) is 85.1 Å². The summed E-state index contributed by atoms with van der Waals surface area (Å²) in [6.45, 7) is 8.52. The molecule has 298 valence electrons. The first kappa shape index (κ1) is 42.2. The number of ether oxygens (including phenoxy) is 5. The largest absolute Gasteiger partial charge is 0.494 e. The number of carbonyl (C=O) groups is 2. The van der Waals surface area contributed by atoms with Gasteiger partial charge in [0.15, 0.2) is 0 Å². The molecule has 1 heterocycles. The molecule has 12 heteroatoms. The summed E-state index contributed by atoms with van der Waals surface area (Å²) in [6, 6.07) is 23.4. The minimum atomic E-state index is -0.472. The van der Waals surface area contributed by atoms with Crippen LogP contribution in [-0.4, -0.2) is 75.8 Å². The second kappa shape index (κ2) is 20.3. The number of nitrogens with zero attached hydrogens (tertiary/aromatic N) is 1. The zero-order chi connectivity index (χ0) is 40.8. The SMILES string of the molecule is C#Cc1cc(Cc2cc(Oc3ccc(NC(=O)Nc4cc(C(C)(C)C)cc(CO)c4OC)c4ccccc34)ccn2)cc(C(=O)NCCOCCOCCOC)c1. The lowest BCUT2D eigenvalue weighted by molar-refractivity contribution is 0.0255. The monoisotopic (exact) mass is 774 g/mol. The Bertz CT molecular complexity index is 2210. The number of aliphatic hydroxyl groups excluding tert-OH is 1. The van der Waals surface area contributed by atoms with Crippen LogP contribution in [0.4, 0.5) is 16.2 Å². The number of anilines is 2. The lowest BCUT2D eigenvalue weighted by Crippen LogP contribution is -2.28. The van der Waals surface area contributed by atoms with E-state index in [1.165, 1.54) is 7.11 Å². The molecule has 0 atom stereocenters. The van der Waals surface area contributed by atoms with E-state index < -0.39 is 6.03 Å². The van der Waals surface area contributed by atoms with Crippen LogP contribution in [0, 0.1) is 12.3 Å². The summed E-state index contributed by atoms with van der Waals surface area (Å²) in [5, 5.41) is 20.3. The number of rotatable bonds is 18. The Morgan fingerprint density at radius 2 is 1.58 bits per heavy atom. The number of benzene rings is 4. The van der Waals surface area contributed by atoms with E-state index in [-0.39, 0.29) is 17.9 Å². The average Bonchev–Trinajstić information content (AvgIpc) is 3.20. The third-order valence-corrected chi connectivity index (χ3v) is 8.95. The predicted octanol–water partition coefficient (Wildman–Crippen LogP) is 7.45. The van der Waals surface area contributed by atoms with Gasteiger partial charge in [0.1, 0.15) is 17.2 Å². The van der Waals surface area contributed by atoms with Crippen molar-refractivity contribution < 1.29 is 38.4 Å². The maximum Gasteiger partial charge on any atom is 0.323 e. The number of hydrogen-bond acceptors (Lipinski definition) is 9. The van der Waals surface area contributed by atoms with Gasteiger partial charge in [-0.1, -0.05) is 51.0 Å². The first-order valence-electron chi connectivity index (χ1n) is 18.6. The van der Waals surface area contributed by atoms with Gasteiger partial charge in [-0.2, -0.15) is 0 Å². The number of hydrogen-bond donors (Lipinski definition) is 4. The lowest BCUT2D eigenvalue weighted by atomic mass is 9.85. The van der Waals surface area contributed by atoms with Crippen molar-refractivity contribution in [3.63, 3.8) is 0 Å². The summed E-state index contributed by atoms with van der Waals surface area (Å²) in [5.74, 6) is 3.92. The third-order valence-electron chi connectivity index (χ3n) is 8.95. The summed E-state index contributed by atoms with van der Waals surface area (Å²) in [5.41, 5.74) is 4.87. The van der Waals surface area contributed by atoms with Crippen LogP contribution in [0.25, 0.3) is 10.8 Å². The molecule has 0 fully saturated rings. The number of methoxy groups -OCH3 is 2. The number of urea groups is 1. The summed E-state index contributed by atoms with van der Waals surface area (Å²) in [4.78, 5) is 31.0. The van der Waals surface area contributed by atoms with Gasteiger partial charge in [0.2, 0.25) is 0 Å². The van der Waals surface area contributed by atoms with E-state index in [1.807, 2.05) is 48.5 Å². The van der Waals surface area contributed by atoms with Gasteiger partial charge in [0.25, 0.3) is 5.91 Å². The van der Waals surface area contributed by atoms with E-state index in [2.05, 4.69) is 47.6 Å². The minimum absolute atomic E-state index is 0.225. The quantitative estimate of drug-likeness (QED) is 0.0526. The second-order valence-electron chi connectivity index (χ2n) is 14.2. The zero-order valence-electron chi connectivity index (χ0n) is 33.1. The van der Waals surface area contributed by atoms with E-state index in [0.29, 0.717) is 97.0 Å². The Kier molecular flexibility index (Phi) is 15.0. The minimum Gasteiger partial charge on any atom is -0.494 e. The molecule has 0 aliphatic carbocycles. The van der Waals surface area contributed by atoms with Crippen molar-refractivity contribution in [1.29, 1.82) is 0 Å². The number of amides is 3. The summed E-state index contributed by atoms with van der Waals surface area (Å²) < 4.78 is 27.8. The molecule has 3 amide bonds. The Labute approximate surface area is 333 Å². The zero-order valence-corrected chi connectivity index (χ0v) is 33.1. The normalized spacial score (nSPS) is 11.2. The fourth-order valence-electron chi connectivity index (χ4n) is 6.08. The van der Waals surface area contributed by atoms with Crippen LogP contribution in [0.1, 0.15) is 59.1 Å². The standard InChI is InChI=1S/C45H50N4O8/c1-7-30-22-31(24-32(23-30)43(51)47-16-17-55-20-21-56-19-18-53-5)25-35-28-36(14-15-46-35)57-41-13-12-39(37-10-8-9-11-38(37)41)48-44(52)49-40-27-34(45(2,3)4)26-33(29-50)42(40)54-6/h1,8-15,22-24,26-28,50H,16-21,25,29H2,2-6H3,(H,47,51)(H2,48,49,52). The Morgan fingerprint density at radius 1 is 0.842 bits per heavy atom. The molecular weight excluding hydrogens is 725 g/mol. The summed E-state index contributed by atoms with van der Waals surface area (Å²) >= 11 is 0. The molecule has 0 unspecified atom stereocenters. The van der Waals surface area contributed by atoms with Crippen LogP contribution in [0.2, 0.25) is 0 Å². The molecule has 0 saturated heterocycles. The molecule has 0 spiro atoms. The van der Waals surface area contributed by atoms with Crippen molar-refractivity contribution >= 4 is 34.1 Å². The van der Waals surface area contributed by atoms with Gasteiger partial charge < -0.3 is 44.7 Å². The Morgan fingerprint density at radius 3 is 2.30 bits per heavy atom. The molecule has 0 bridgehead atoms. The number of aliphatic hydroxyl groups is 1. The maximum absolute atomic E-state index is 13.4. The number of nitrogens with one attached hydrogen (secondary N) is 3. The van der Waals surface area contributed by atoms with E-state index in [9.17, 15) is 14.7 Å². The molecule has 1 aromatic heterocycles. The molecule has 5 aromatic rings. The van der Waals surface area contributed by atoms with Gasteiger partial charge in [-0.3, -0.25) is 9.78 Å². The fraction of sp³-hybridized carbons (Fsp3) is 0.311. The van der Waals surface area contributed by atoms with Crippen molar-refractivity contribution in [3.05, 3.63) is 119 Å². The van der Waals surface area contributed by atoms with Crippen molar-refractivity contribution in [3.8, 4) is 29.6 Å². The third kappa shape index (κ3) is 11.8. The maximum atomic E-state index is 13.4. The smallest absolute Gasteiger partial charge is 0.323 e. The van der Waals surface area contributed by atoms with Gasteiger partial charge >= 0.3 is 6.03 Å². The first-order chi connectivity index (χ1) is 27.5.